The van der Waals surface area contributed by atoms with E-state index < -0.39 is 5.41 Å². The molecule has 0 aromatic heterocycles. The van der Waals surface area contributed by atoms with Crippen LogP contribution in [-0.2, 0) is 9.53 Å². The normalized spacial score (nSPS) is 34.2. The van der Waals surface area contributed by atoms with Gasteiger partial charge in [-0.3, -0.25) is 4.79 Å². The summed E-state index contributed by atoms with van der Waals surface area (Å²) in [6.45, 7) is 2.02. The molecular formula is C10H19NO2. The van der Waals surface area contributed by atoms with Crippen molar-refractivity contribution in [3.05, 3.63) is 0 Å². The Labute approximate surface area is 79.6 Å². The van der Waals surface area contributed by atoms with Crippen LogP contribution in [0.1, 0.15) is 39.0 Å². The number of hydrogen-bond donors (Lipinski definition) is 1. The third kappa shape index (κ3) is 1.70. The van der Waals surface area contributed by atoms with Gasteiger partial charge in [0.1, 0.15) is 0 Å². The number of rotatable bonds is 2. The van der Waals surface area contributed by atoms with Crippen molar-refractivity contribution in [2.45, 2.75) is 45.1 Å². The molecule has 13 heavy (non-hydrogen) atoms. The van der Waals surface area contributed by atoms with Crippen molar-refractivity contribution in [2.75, 3.05) is 7.11 Å². The zero-order valence-corrected chi connectivity index (χ0v) is 8.51. The molecule has 0 amide bonds. The summed E-state index contributed by atoms with van der Waals surface area (Å²) in [5.41, 5.74) is 5.60. The fourth-order valence-corrected chi connectivity index (χ4v) is 2.31. The molecule has 1 saturated carbocycles. The van der Waals surface area contributed by atoms with E-state index >= 15 is 0 Å². The van der Waals surface area contributed by atoms with Gasteiger partial charge in [-0.15, -0.1) is 0 Å². The number of esters is 1. The highest BCUT2D eigenvalue weighted by molar-refractivity contribution is 5.77. The number of methoxy groups -OCH3 is 1. The van der Waals surface area contributed by atoms with E-state index in [9.17, 15) is 4.79 Å². The molecule has 0 unspecified atom stereocenters. The molecular weight excluding hydrogens is 166 g/mol. The second-order valence-electron chi connectivity index (χ2n) is 3.85. The summed E-state index contributed by atoms with van der Waals surface area (Å²) in [7, 11) is 1.45. The van der Waals surface area contributed by atoms with Crippen molar-refractivity contribution in [1.29, 1.82) is 0 Å². The van der Waals surface area contributed by atoms with Crippen molar-refractivity contribution in [1.82, 2.24) is 0 Å². The minimum Gasteiger partial charge on any atom is -0.469 e. The molecule has 1 aliphatic rings. The maximum Gasteiger partial charge on any atom is 0.313 e. The van der Waals surface area contributed by atoms with Crippen LogP contribution in [0.15, 0.2) is 0 Å². The van der Waals surface area contributed by atoms with Gasteiger partial charge in [0, 0.05) is 6.04 Å². The van der Waals surface area contributed by atoms with Gasteiger partial charge in [0.15, 0.2) is 0 Å². The second-order valence-corrected chi connectivity index (χ2v) is 3.85. The standard InChI is InChI=1S/C10H19NO2/c1-3-10(9(12)13-2)7-5-4-6-8(10)11/h8H,3-7,11H2,1-2H3/t8-,10-/m0/s1. The lowest BCUT2D eigenvalue weighted by Gasteiger charge is -2.38. The minimum absolute atomic E-state index is 0.0151. The van der Waals surface area contributed by atoms with Gasteiger partial charge in [-0.1, -0.05) is 19.8 Å². The molecule has 3 heteroatoms. The molecule has 2 atom stereocenters. The summed E-state index contributed by atoms with van der Waals surface area (Å²) in [4.78, 5) is 11.6. The van der Waals surface area contributed by atoms with Crippen LogP contribution >= 0.6 is 0 Å². The van der Waals surface area contributed by atoms with Gasteiger partial charge >= 0.3 is 5.97 Å². The van der Waals surface area contributed by atoms with Crippen molar-refractivity contribution >= 4 is 5.97 Å². The third-order valence-corrected chi connectivity index (χ3v) is 3.32. The van der Waals surface area contributed by atoms with Gasteiger partial charge in [-0.2, -0.15) is 0 Å². The molecule has 3 nitrogen and oxygen atoms in total. The number of hydrogen-bond acceptors (Lipinski definition) is 3. The maximum atomic E-state index is 11.6. The molecule has 0 aromatic carbocycles. The van der Waals surface area contributed by atoms with E-state index in [1.54, 1.807) is 0 Å². The lowest BCUT2D eigenvalue weighted by atomic mass is 9.69. The Morgan fingerprint density at radius 2 is 2.31 bits per heavy atom. The average molecular weight is 185 g/mol. The molecule has 0 bridgehead atoms. The summed E-state index contributed by atoms with van der Waals surface area (Å²) in [5, 5.41) is 0. The highest BCUT2D eigenvalue weighted by atomic mass is 16.5. The van der Waals surface area contributed by atoms with Crippen molar-refractivity contribution in [3.63, 3.8) is 0 Å². The zero-order chi connectivity index (χ0) is 9.90. The van der Waals surface area contributed by atoms with Gasteiger partial charge in [-0.05, 0) is 19.3 Å². The van der Waals surface area contributed by atoms with E-state index in [-0.39, 0.29) is 12.0 Å². The third-order valence-electron chi connectivity index (χ3n) is 3.32. The van der Waals surface area contributed by atoms with E-state index in [0.29, 0.717) is 0 Å². The van der Waals surface area contributed by atoms with Crippen molar-refractivity contribution in [3.8, 4) is 0 Å². The number of ether oxygens (including phenoxy) is 1. The maximum absolute atomic E-state index is 11.6. The summed E-state index contributed by atoms with van der Waals surface area (Å²) < 4.78 is 4.84. The van der Waals surface area contributed by atoms with Crippen molar-refractivity contribution in [2.24, 2.45) is 11.1 Å². The average Bonchev–Trinajstić information content (AvgIpc) is 2.18. The highest BCUT2D eigenvalue weighted by Gasteiger charge is 2.44. The van der Waals surface area contributed by atoms with Gasteiger partial charge in [-0.25, -0.2) is 0 Å². The van der Waals surface area contributed by atoms with E-state index in [2.05, 4.69) is 0 Å². The lowest BCUT2D eigenvalue weighted by molar-refractivity contribution is -0.156. The predicted octanol–water partition coefficient (Wildman–Crippen LogP) is 1.46. The molecule has 76 valence electrons. The minimum atomic E-state index is -0.396. The molecule has 2 N–H and O–H groups in total. The fraction of sp³-hybridized carbons (Fsp3) is 0.900. The zero-order valence-electron chi connectivity index (χ0n) is 8.51. The summed E-state index contributed by atoms with van der Waals surface area (Å²) in [6, 6.07) is -0.0151. The summed E-state index contributed by atoms with van der Waals surface area (Å²) in [5.74, 6) is -0.123. The Morgan fingerprint density at radius 1 is 1.62 bits per heavy atom. The molecule has 0 aromatic rings. The van der Waals surface area contributed by atoms with Crippen molar-refractivity contribution < 1.29 is 9.53 Å². The number of carbonyl (C=O) groups excluding carboxylic acids is 1. The molecule has 1 fully saturated rings. The Morgan fingerprint density at radius 3 is 2.77 bits per heavy atom. The van der Waals surface area contributed by atoms with Gasteiger partial charge in [0.2, 0.25) is 0 Å². The van der Waals surface area contributed by atoms with Crippen LogP contribution in [0.25, 0.3) is 0 Å². The van der Waals surface area contributed by atoms with Gasteiger partial charge < -0.3 is 10.5 Å². The van der Waals surface area contributed by atoms with Crippen LogP contribution < -0.4 is 5.73 Å². The first-order chi connectivity index (χ1) is 6.17. The first kappa shape index (κ1) is 10.5. The highest BCUT2D eigenvalue weighted by Crippen LogP contribution is 2.39. The lowest BCUT2D eigenvalue weighted by Crippen LogP contribution is -2.49. The molecule has 1 aliphatic carbocycles. The van der Waals surface area contributed by atoms with Crippen LogP contribution in [-0.4, -0.2) is 19.1 Å². The van der Waals surface area contributed by atoms with E-state index in [1.165, 1.54) is 7.11 Å². The van der Waals surface area contributed by atoms with Gasteiger partial charge in [0.25, 0.3) is 0 Å². The second kappa shape index (κ2) is 4.09. The van der Waals surface area contributed by atoms with E-state index in [1.807, 2.05) is 6.92 Å². The topological polar surface area (TPSA) is 52.3 Å². The van der Waals surface area contributed by atoms with Crippen LogP contribution in [0, 0.1) is 5.41 Å². The monoisotopic (exact) mass is 185 g/mol. The van der Waals surface area contributed by atoms with Crippen LogP contribution in [0.4, 0.5) is 0 Å². The SMILES string of the molecule is CC[C@]1(C(=O)OC)CCCC[C@@H]1N. The van der Waals surface area contributed by atoms with E-state index in [0.717, 1.165) is 32.1 Å². The Kier molecular flexibility index (Phi) is 3.31. The number of nitrogens with two attached hydrogens (primary N) is 1. The fourth-order valence-electron chi connectivity index (χ4n) is 2.31. The van der Waals surface area contributed by atoms with E-state index in [4.69, 9.17) is 10.5 Å². The Hall–Kier alpha value is -0.570. The summed E-state index contributed by atoms with van der Waals surface area (Å²) in [6.07, 6.45) is 4.86. The Balaban J connectivity index is 2.82. The van der Waals surface area contributed by atoms with Crippen LogP contribution in [0.2, 0.25) is 0 Å². The smallest absolute Gasteiger partial charge is 0.313 e. The summed E-state index contributed by atoms with van der Waals surface area (Å²) >= 11 is 0. The molecule has 0 spiro atoms. The molecule has 0 aliphatic heterocycles. The Bertz CT molecular complexity index is 193. The van der Waals surface area contributed by atoms with Gasteiger partial charge in [0.05, 0.1) is 12.5 Å². The number of carbonyl (C=O) groups is 1. The first-order valence-corrected chi connectivity index (χ1v) is 5.01. The quantitative estimate of drug-likeness (QED) is 0.662. The van der Waals surface area contributed by atoms with Crippen LogP contribution in [0.3, 0.4) is 0 Å². The van der Waals surface area contributed by atoms with Crippen LogP contribution in [0.5, 0.6) is 0 Å². The molecule has 0 radical (unpaired) electrons. The first-order valence-electron chi connectivity index (χ1n) is 5.01. The predicted molar refractivity (Wildman–Crippen MR) is 51.2 cm³/mol. The molecule has 1 rings (SSSR count). The molecule has 0 heterocycles. The largest absolute Gasteiger partial charge is 0.469 e. The molecule has 0 saturated heterocycles.